The molecule has 2 nitrogen and oxygen atoms in total. The van der Waals surface area contributed by atoms with E-state index in [0.717, 1.165) is 18.8 Å². The van der Waals surface area contributed by atoms with E-state index in [9.17, 15) is 5.11 Å². The Balaban J connectivity index is 2.43. The van der Waals surface area contributed by atoms with Crippen LogP contribution in [0.5, 0.6) is 0 Å². The molecule has 0 spiro atoms. The lowest BCUT2D eigenvalue weighted by molar-refractivity contribution is 0.127. The van der Waals surface area contributed by atoms with Gasteiger partial charge in [-0.05, 0) is 30.6 Å². The largest absolute Gasteiger partial charge is 0.395 e. The quantitative estimate of drug-likeness (QED) is 0.684. The number of rotatable bonds is 5. The molecule has 1 aliphatic heterocycles. The van der Waals surface area contributed by atoms with Crippen LogP contribution in [-0.4, -0.2) is 41.5 Å². The van der Waals surface area contributed by atoms with Gasteiger partial charge >= 0.3 is 0 Å². The summed E-state index contributed by atoms with van der Waals surface area (Å²) < 4.78 is 0. The van der Waals surface area contributed by atoms with E-state index in [1.54, 1.807) is 0 Å². The van der Waals surface area contributed by atoms with Crippen molar-refractivity contribution in [3.8, 4) is 0 Å². The standard InChI is InChI=1S/C11H23NOS/c1-3-10(8-14)6-12-5-4-9(2)11(12)7-13/h9-11,13-14H,3-8H2,1-2H3. The highest BCUT2D eigenvalue weighted by Gasteiger charge is 2.31. The lowest BCUT2D eigenvalue weighted by Crippen LogP contribution is -2.38. The Hall–Kier alpha value is 0.270. The average Bonchev–Trinajstić information content (AvgIpc) is 2.55. The molecule has 3 heteroatoms. The van der Waals surface area contributed by atoms with Gasteiger partial charge in [-0.25, -0.2) is 0 Å². The average molecular weight is 217 g/mol. The fourth-order valence-electron chi connectivity index (χ4n) is 2.26. The molecule has 1 rings (SSSR count). The molecule has 1 saturated heterocycles. The molecular formula is C11H23NOS. The summed E-state index contributed by atoms with van der Waals surface area (Å²) in [5.74, 6) is 2.29. The van der Waals surface area contributed by atoms with E-state index < -0.39 is 0 Å². The minimum absolute atomic E-state index is 0.310. The van der Waals surface area contributed by atoms with Crippen molar-refractivity contribution in [2.45, 2.75) is 32.7 Å². The summed E-state index contributed by atoms with van der Waals surface area (Å²) in [5.41, 5.74) is 0. The maximum absolute atomic E-state index is 9.30. The maximum Gasteiger partial charge on any atom is 0.0589 e. The van der Waals surface area contributed by atoms with E-state index in [-0.39, 0.29) is 0 Å². The van der Waals surface area contributed by atoms with Crippen molar-refractivity contribution >= 4 is 12.6 Å². The topological polar surface area (TPSA) is 23.5 Å². The van der Waals surface area contributed by atoms with Crippen molar-refractivity contribution in [2.75, 3.05) is 25.4 Å². The van der Waals surface area contributed by atoms with E-state index in [1.165, 1.54) is 12.8 Å². The molecule has 3 unspecified atom stereocenters. The van der Waals surface area contributed by atoms with Crippen LogP contribution in [0.1, 0.15) is 26.7 Å². The van der Waals surface area contributed by atoms with E-state index >= 15 is 0 Å². The molecule has 3 atom stereocenters. The van der Waals surface area contributed by atoms with Gasteiger partial charge in [0.25, 0.3) is 0 Å². The number of aliphatic hydroxyl groups is 1. The molecule has 14 heavy (non-hydrogen) atoms. The molecule has 1 N–H and O–H groups in total. The number of thiol groups is 1. The van der Waals surface area contributed by atoms with Gasteiger partial charge in [0, 0.05) is 12.6 Å². The van der Waals surface area contributed by atoms with Crippen LogP contribution in [0.3, 0.4) is 0 Å². The Morgan fingerprint density at radius 3 is 2.79 bits per heavy atom. The predicted octanol–water partition coefficient (Wildman–Crippen LogP) is 1.65. The van der Waals surface area contributed by atoms with Gasteiger partial charge in [-0.1, -0.05) is 20.3 Å². The van der Waals surface area contributed by atoms with Gasteiger partial charge in [0.05, 0.1) is 6.61 Å². The van der Waals surface area contributed by atoms with Crippen LogP contribution in [0.4, 0.5) is 0 Å². The molecule has 0 aromatic rings. The highest BCUT2D eigenvalue weighted by Crippen LogP contribution is 2.25. The first-order valence-electron chi connectivity index (χ1n) is 5.68. The molecule has 0 aromatic carbocycles. The highest BCUT2D eigenvalue weighted by atomic mass is 32.1. The Bertz CT molecular complexity index is 161. The molecule has 0 bridgehead atoms. The van der Waals surface area contributed by atoms with E-state index in [4.69, 9.17) is 0 Å². The molecule has 0 amide bonds. The zero-order chi connectivity index (χ0) is 10.6. The van der Waals surface area contributed by atoms with Gasteiger partial charge in [-0.15, -0.1) is 0 Å². The van der Waals surface area contributed by atoms with Crippen LogP contribution in [0.15, 0.2) is 0 Å². The smallest absolute Gasteiger partial charge is 0.0589 e. The van der Waals surface area contributed by atoms with Crippen LogP contribution < -0.4 is 0 Å². The zero-order valence-electron chi connectivity index (χ0n) is 9.32. The van der Waals surface area contributed by atoms with Crippen molar-refractivity contribution in [3.63, 3.8) is 0 Å². The van der Waals surface area contributed by atoms with Gasteiger partial charge in [0.15, 0.2) is 0 Å². The van der Waals surface area contributed by atoms with Gasteiger partial charge in [-0.2, -0.15) is 12.6 Å². The summed E-state index contributed by atoms with van der Waals surface area (Å²) in [6.07, 6.45) is 2.42. The van der Waals surface area contributed by atoms with Gasteiger partial charge in [0.1, 0.15) is 0 Å². The van der Waals surface area contributed by atoms with E-state index in [2.05, 4.69) is 31.4 Å². The van der Waals surface area contributed by atoms with Crippen molar-refractivity contribution in [1.29, 1.82) is 0 Å². The Kier molecular flexibility index (Phi) is 5.28. The molecule has 1 fully saturated rings. The number of aliphatic hydroxyl groups excluding tert-OH is 1. The monoisotopic (exact) mass is 217 g/mol. The number of hydrogen-bond acceptors (Lipinski definition) is 3. The third-order valence-electron chi connectivity index (χ3n) is 3.51. The van der Waals surface area contributed by atoms with Crippen LogP contribution in [0.25, 0.3) is 0 Å². The Morgan fingerprint density at radius 2 is 2.29 bits per heavy atom. The first-order valence-corrected chi connectivity index (χ1v) is 6.31. The van der Waals surface area contributed by atoms with E-state index in [1.807, 2.05) is 0 Å². The molecule has 0 saturated carbocycles. The summed E-state index contributed by atoms with van der Waals surface area (Å²) in [6, 6.07) is 0.393. The fraction of sp³-hybridized carbons (Fsp3) is 1.00. The summed E-state index contributed by atoms with van der Waals surface area (Å²) in [5, 5.41) is 9.30. The van der Waals surface area contributed by atoms with Gasteiger partial charge < -0.3 is 5.11 Å². The minimum atomic E-state index is 0.310. The summed E-state index contributed by atoms with van der Waals surface area (Å²) in [4.78, 5) is 2.44. The van der Waals surface area contributed by atoms with Crippen molar-refractivity contribution in [2.24, 2.45) is 11.8 Å². The normalized spacial score (nSPS) is 30.9. The second-order valence-electron chi connectivity index (χ2n) is 4.47. The highest BCUT2D eigenvalue weighted by molar-refractivity contribution is 7.80. The third-order valence-corrected chi connectivity index (χ3v) is 4.03. The van der Waals surface area contributed by atoms with Crippen molar-refractivity contribution in [1.82, 2.24) is 4.90 Å². The third kappa shape index (κ3) is 2.88. The predicted molar refractivity (Wildman–Crippen MR) is 63.9 cm³/mol. The maximum atomic E-state index is 9.30. The lowest BCUT2D eigenvalue weighted by Gasteiger charge is -2.28. The second-order valence-corrected chi connectivity index (χ2v) is 4.83. The number of nitrogens with zero attached hydrogens (tertiary/aromatic N) is 1. The lowest BCUT2D eigenvalue weighted by atomic mass is 10.0. The van der Waals surface area contributed by atoms with Crippen LogP contribution in [0.2, 0.25) is 0 Å². The first-order chi connectivity index (χ1) is 6.72. The van der Waals surface area contributed by atoms with Crippen LogP contribution in [0, 0.1) is 11.8 Å². The van der Waals surface area contributed by atoms with Crippen molar-refractivity contribution < 1.29 is 5.11 Å². The zero-order valence-corrected chi connectivity index (χ0v) is 10.2. The van der Waals surface area contributed by atoms with Crippen LogP contribution in [-0.2, 0) is 0 Å². The molecular weight excluding hydrogens is 194 g/mol. The SMILES string of the molecule is CCC(CS)CN1CCC(C)C1CO. The number of hydrogen-bond donors (Lipinski definition) is 2. The molecule has 0 aliphatic carbocycles. The van der Waals surface area contributed by atoms with E-state index in [0.29, 0.717) is 24.5 Å². The van der Waals surface area contributed by atoms with Gasteiger partial charge in [0.2, 0.25) is 0 Å². The van der Waals surface area contributed by atoms with Crippen LogP contribution >= 0.6 is 12.6 Å². The van der Waals surface area contributed by atoms with Gasteiger partial charge in [-0.3, -0.25) is 4.90 Å². The molecule has 1 heterocycles. The summed E-state index contributed by atoms with van der Waals surface area (Å²) in [6.45, 7) is 7.02. The molecule has 84 valence electrons. The first kappa shape index (κ1) is 12.3. The second kappa shape index (κ2) is 5.99. The number of likely N-dealkylation sites (tertiary alicyclic amines) is 1. The summed E-state index contributed by atoms with van der Waals surface area (Å²) in [7, 11) is 0. The Morgan fingerprint density at radius 1 is 1.57 bits per heavy atom. The Labute approximate surface area is 93.1 Å². The van der Waals surface area contributed by atoms with Crippen molar-refractivity contribution in [3.05, 3.63) is 0 Å². The summed E-state index contributed by atoms with van der Waals surface area (Å²) >= 11 is 4.36. The fourth-order valence-corrected chi connectivity index (χ4v) is 2.63. The minimum Gasteiger partial charge on any atom is -0.395 e. The molecule has 0 radical (unpaired) electrons. The molecule has 0 aromatic heterocycles. The molecule has 1 aliphatic rings.